The first-order valence-corrected chi connectivity index (χ1v) is 6.91. The van der Waals surface area contributed by atoms with E-state index in [-0.39, 0.29) is 11.5 Å². The number of carbonyl (C=O) groups excluding carboxylic acids is 1. The molecule has 0 N–H and O–H groups in total. The Balaban J connectivity index is 2.38. The lowest BCUT2D eigenvalue weighted by molar-refractivity contribution is 0.0579. The minimum absolute atomic E-state index is 0.0781. The van der Waals surface area contributed by atoms with Gasteiger partial charge in [0.2, 0.25) is 0 Å². The Morgan fingerprint density at radius 2 is 2.05 bits per heavy atom. The summed E-state index contributed by atoms with van der Waals surface area (Å²) in [5.41, 5.74) is 2.62. The Labute approximate surface area is 121 Å². The first-order valence-electron chi connectivity index (χ1n) is 6.91. The molecule has 0 fully saturated rings. The highest BCUT2D eigenvalue weighted by Gasteiger charge is 2.39. The molecule has 1 aromatic carbocycles. The SMILES string of the molecule is C=Cc1ccc2c(c1)C(C)(C)CN2C(=O)OC(C)(C)C. The van der Waals surface area contributed by atoms with Gasteiger partial charge in [-0.2, -0.15) is 0 Å². The van der Waals surface area contributed by atoms with E-state index in [4.69, 9.17) is 4.74 Å². The number of hydrogen-bond acceptors (Lipinski definition) is 2. The number of hydrogen-bond donors (Lipinski definition) is 0. The summed E-state index contributed by atoms with van der Waals surface area (Å²) in [5.74, 6) is 0. The van der Waals surface area contributed by atoms with Gasteiger partial charge in [-0.25, -0.2) is 4.79 Å². The lowest BCUT2D eigenvalue weighted by Gasteiger charge is -2.25. The number of benzene rings is 1. The maximum Gasteiger partial charge on any atom is 0.414 e. The van der Waals surface area contributed by atoms with Crippen molar-refractivity contribution in [2.24, 2.45) is 0 Å². The maximum atomic E-state index is 12.3. The van der Waals surface area contributed by atoms with Gasteiger partial charge in [-0.1, -0.05) is 32.6 Å². The standard InChI is InChI=1S/C17H23NO2/c1-7-12-8-9-14-13(10-12)17(5,6)11-18(14)15(19)20-16(2,3)4/h7-10H,1,11H2,2-6H3. The second-order valence-electron chi connectivity index (χ2n) is 6.93. The van der Waals surface area contributed by atoms with Crippen LogP contribution in [-0.4, -0.2) is 18.2 Å². The highest BCUT2D eigenvalue weighted by Crippen LogP contribution is 2.41. The molecule has 1 amide bonds. The largest absolute Gasteiger partial charge is 0.443 e. The van der Waals surface area contributed by atoms with Crippen LogP contribution in [0.1, 0.15) is 45.7 Å². The molecule has 0 radical (unpaired) electrons. The van der Waals surface area contributed by atoms with Crippen LogP contribution < -0.4 is 4.90 Å². The summed E-state index contributed by atoms with van der Waals surface area (Å²) in [4.78, 5) is 14.1. The number of anilines is 1. The summed E-state index contributed by atoms with van der Waals surface area (Å²) in [6.07, 6.45) is 1.54. The fourth-order valence-electron chi connectivity index (χ4n) is 2.50. The van der Waals surface area contributed by atoms with Gasteiger partial charge in [0, 0.05) is 12.0 Å². The van der Waals surface area contributed by atoms with E-state index in [0.29, 0.717) is 6.54 Å². The van der Waals surface area contributed by atoms with Crippen molar-refractivity contribution in [3.8, 4) is 0 Å². The van der Waals surface area contributed by atoms with E-state index in [9.17, 15) is 4.79 Å². The molecule has 0 unspecified atom stereocenters. The van der Waals surface area contributed by atoms with Crippen LogP contribution in [0.4, 0.5) is 10.5 Å². The van der Waals surface area contributed by atoms with Crippen molar-refractivity contribution in [2.45, 2.75) is 45.6 Å². The van der Waals surface area contributed by atoms with Crippen LogP contribution in [0, 0.1) is 0 Å². The van der Waals surface area contributed by atoms with Crippen molar-refractivity contribution in [3.05, 3.63) is 35.9 Å². The van der Waals surface area contributed by atoms with Crippen LogP contribution in [0.15, 0.2) is 24.8 Å². The smallest absolute Gasteiger partial charge is 0.414 e. The molecule has 0 aliphatic carbocycles. The van der Waals surface area contributed by atoms with Crippen LogP contribution in [0.3, 0.4) is 0 Å². The Morgan fingerprint density at radius 1 is 1.40 bits per heavy atom. The van der Waals surface area contributed by atoms with Gasteiger partial charge in [0.05, 0.1) is 5.69 Å². The normalized spacial score (nSPS) is 16.8. The van der Waals surface area contributed by atoms with Gasteiger partial charge in [0.1, 0.15) is 5.60 Å². The second-order valence-corrected chi connectivity index (χ2v) is 6.93. The molecule has 1 aliphatic rings. The molecular weight excluding hydrogens is 250 g/mol. The van der Waals surface area contributed by atoms with Gasteiger partial charge in [-0.15, -0.1) is 0 Å². The molecule has 1 aliphatic heterocycles. The van der Waals surface area contributed by atoms with Crippen LogP contribution in [0.25, 0.3) is 6.08 Å². The van der Waals surface area contributed by atoms with Crippen LogP contribution in [0.5, 0.6) is 0 Å². The van der Waals surface area contributed by atoms with E-state index in [1.165, 1.54) is 5.56 Å². The van der Waals surface area contributed by atoms with Crippen molar-refractivity contribution in [2.75, 3.05) is 11.4 Å². The molecule has 20 heavy (non-hydrogen) atoms. The van der Waals surface area contributed by atoms with Gasteiger partial charge in [-0.3, -0.25) is 4.90 Å². The Hall–Kier alpha value is -1.77. The fourth-order valence-corrected chi connectivity index (χ4v) is 2.50. The molecule has 3 nitrogen and oxygen atoms in total. The Bertz CT molecular complexity index is 553. The Morgan fingerprint density at radius 3 is 2.60 bits per heavy atom. The maximum absolute atomic E-state index is 12.3. The number of ether oxygens (including phenoxy) is 1. The molecule has 108 valence electrons. The van der Waals surface area contributed by atoms with E-state index in [2.05, 4.69) is 26.5 Å². The number of fused-ring (bicyclic) bond motifs is 1. The fraction of sp³-hybridized carbons (Fsp3) is 0.471. The summed E-state index contributed by atoms with van der Waals surface area (Å²) in [5, 5.41) is 0. The third kappa shape index (κ3) is 2.72. The van der Waals surface area contributed by atoms with E-state index in [0.717, 1.165) is 11.3 Å². The average molecular weight is 273 g/mol. The third-order valence-electron chi connectivity index (χ3n) is 3.44. The molecule has 1 aromatic rings. The predicted octanol–water partition coefficient (Wildman–Crippen LogP) is 4.36. The quantitative estimate of drug-likeness (QED) is 0.760. The minimum Gasteiger partial charge on any atom is -0.443 e. The zero-order valence-corrected chi connectivity index (χ0v) is 13.0. The van der Waals surface area contributed by atoms with Crippen molar-refractivity contribution in [3.63, 3.8) is 0 Å². The monoisotopic (exact) mass is 273 g/mol. The van der Waals surface area contributed by atoms with Gasteiger partial charge in [0.15, 0.2) is 0 Å². The number of nitrogens with zero attached hydrogens (tertiary/aromatic N) is 1. The number of carbonyl (C=O) groups is 1. The molecule has 0 aromatic heterocycles. The summed E-state index contributed by atoms with van der Waals surface area (Å²) >= 11 is 0. The summed E-state index contributed by atoms with van der Waals surface area (Å²) < 4.78 is 5.50. The summed E-state index contributed by atoms with van der Waals surface area (Å²) in [6.45, 7) is 14.4. The van der Waals surface area contributed by atoms with Crippen molar-refractivity contribution < 1.29 is 9.53 Å². The molecule has 0 saturated heterocycles. The highest BCUT2D eigenvalue weighted by atomic mass is 16.6. The molecular formula is C17H23NO2. The molecule has 3 heteroatoms. The summed E-state index contributed by atoms with van der Waals surface area (Å²) in [6, 6.07) is 6.06. The summed E-state index contributed by atoms with van der Waals surface area (Å²) in [7, 11) is 0. The third-order valence-corrected chi connectivity index (χ3v) is 3.44. The van der Waals surface area contributed by atoms with E-state index < -0.39 is 5.60 Å². The molecule has 2 rings (SSSR count). The van der Waals surface area contributed by atoms with Crippen molar-refractivity contribution in [1.82, 2.24) is 0 Å². The van der Waals surface area contributed by atoms with Crippen LogP contribution in [-0.2, 0) is 10.2 Å². The average Bonchev–Trinajstić information content (AvgIpc) is 2.59. The van der Waals surface area contributed by atoms with Gasteiger partial charge in [0.25, 0.3) is 0 Å². The molecule has 1 heterocycles. The Kier molecular flexibility index (Phi) is 3.41. The predicted molar refractivity (Wildman–Crippen MR) is 83.1 cm³/mol. The molecule has 0 atom stereocenters. The van der Waals surface area contributed by atoms with E-state index in [1.54, 1.807) is 4.90 Å². The van der Waals surface area contributed by atoms with Crippen LogP contribution >= 0.6 is 0 Å². The zero-order valence-electron chi connectivity index (χ0n) is 13.0. The molecule has 0 bridgehead atoms. The van der Waals surface area contributed by atoms with Gasteiger partial charge in [-0.05, 0) is 44.0 Å². The van der Waals surface area contributed by atoms with E-state index in [1.807, 2.05) is 39.0 Å². The van der Waals surface area contributed by atoms with Crippen molar-refractivity contribution >= 4 is 17.9 Å². The number of rotatable bonds is 1. The first kappa shape index (κ1) is 14.6. The molecule has 0 saturated carbocycles. The lowest BCUT2D eigenvalue weighted by atomic mass is 9.86. The number of amides is 1. The topological polar surface area (TPSA) is 29.5 Å². The van der Waals surface area contributed by atoms with Crippen LogP contribution in [0.2, 0.25) is 0 Å². The van der Waals surface area contributed by atoms with Gasteiger partial charge < -0.3 is 4.74 Å². The highest BCUT2D eigenvalue weighted by molar-refractivity contribution is 5.92. The lowest BCUT2D eigenvalue weighted by Crippen LogP contribution is -2.38. The first-order chi connectivity index (χ1) is 9.14. The molecule has 0 spiro atoms. The minimum atomic E-state index is -0.481. The van der Waals surface area contributed by atoms with Crippen molar-refractivity contribution in [1.29, 1.82) is 0 Å². The zero-order chi connectivity index (χ0) is 15.1. The second kappa shape index (κ2) is 4.65. The van der Waals surface area contributed by atoms with E-state index >= 15 is 0 Å². The van der Waals surface area contributed by atoms with Gasteiger partial charge >= 0.3 is 6.09 Å².